The molecule has 0 spiro atoms. The van der Waals surface area contributed by atoms with Crippen molar-refractivity contribution in [3.05, 3.63) is 78.0 Å². The first-order valence-electron chi connectivity index (χ1n) is 7.13. The molecule has 0 atom stereocenters. The van der Waals surface area contributed by atoms with E-state index in [1.165, 1.54) is 15.9 Å². The summed E-state index contributed by atoms with van der Waals surface area (Å²) < 4.78 is 1.80. The summed E-state index contributed by atoms with van der Waals surface area (Å²) in [6.45, 7) is 0. The second-order valence-corrected chi connectivity index (χ2v) is 7.51. The Bertz CT molecular complexity index is 1200. The maximum Gasteiger partial charge on any atom is 0.291 e. The number of hydrogen-bond donors (Lipinski definition) is 0. The van der Waals surface area contributed by atoms with Crippen LogP contribution in [0.5, 0.6) is 0 Å². The van der Waals surface area contributed by atoms with Gasteiger partial charge in [-0.25, -0.2) is 0 Å². The number of benzene rings is 2. The lowest BCUT2D eigenvalue weighted by molar-refractivity contribution is 0.937. The highest BCUT2D eigenvalue weighted by atomic mass is 35.5. The van der Waals surface area contributed by atoms with Crippen LogP contribution < -0.4 is 10.1 Å². The Labute approximate surface area is 160 Å². The van der Waals surface area contributed by atoms with Crippen molar-refractivity contribution in [2.45, 2.75) is 0 Å². The quantitative estimate of drug-likeness (QED) is 0.496. The van der Waals surface area contributed by atoms with Crippen LogP contribution in [0.1, 0.15) is 5.56 Å². The van der Waals surface area contributed by atoms with E-state index in [2.05, 4.69) is 10.1 Å². The third kappa shape index (κ3) is 3.16. The van der Waals surface area contributed by atoms with Gasteiger partial charge in [-0.1, -0.05) is 52.2 Å². The smallest absolute Gasteiger partial charge is 0.266 e. The molecule has 0 amide bonds. The summed E-state index contributed by atoms with van der Waals surface area (Å²) in [5.41, 5.74) is 1.27. The number of halogens is 3. The van der Waals surface area contributed by atoms with E-state index in [9.17, 15) is 4.79 Å². The fourth-order valence-corrected chi connectivity index (χ4v) is 3.80. The topological polar surface area (TPSA) is 47.3 Å². The highest BCUT2D eigenvalue weighted by Gasteiger charge is 2.12. The molecule has 0 saturated heterocycles. The molecule has 2 heterocycles. The molecule has 0 N–H and O–H groups in total. The predicted molar refractivity (Wildman–Crippen MR) is 103 cm³/mol. The summed E-state index contributed by atoms with van der Waals surface area (Å²) in [7, 11) is 0. The maximum atomic E-state index is 12.6. The minimum absolute atomic E-state index is 0.237. The largest absolute Gasteiger partial charge is 0.291 e. The highest BCUT2D eigenvalue weighted by molar-refractivity contribution is 7.15. The molecule has 0 saturated carbocycles. The van der Waals surface area contributed by atoms with Gasteiger partial charge in [-0.15, -0.1) is 5.10 Å². The van der Waals surface area contributed by atoms with E-state index >= 15 is 0 Å². The van der Waals surface area contributed by atoms with Gasteiger partial charge in [0.15, 0.2) is 5.82 Å². The van der Waals surface area contributed by atoms with Crippen molar-refractivity contribution in [2.75, 3.05) is 0 Å². The fourth-order valence-electron chi connectivity index (χ4n) is 2.31. The van der Waals surface area contributed by atoms with E-state index in [0.29, 0.717) is 35.9 Å². The first-order valence-corrected chi connectivity index (χ1v) is 9.08. The standard InChI is InChI=1S/C17H8Cl3N3OS/c18-11-4-1-9(2-5-11)15-21-17-23(22-15)16(24)14(25-17)7-10-3-6-12(19)8-13(10)20/h1-8H/b14-7+. The second kappa shape index (κ2) is 6.42. The molecule has 0 unspecified atom stereocenters. The SMILES string of the molecule is O=c1/c(=C\c2ccc(Cl)cc2Cl)sc2nc(-c3ccc(Cl)cc3)nn12. The van der Waals surface area contributed by atoms with Crippen LogP contribution in [0.4, 0.5) is 0 Å². The number of nitrogens with zero attached hydrogens (tertiary/aromatic N) is 3. The van der Waals surface area contributed by atoms with Crippen molar-refractivity contribution in [2.24, 2.45) is 0 Å². The van der Waals surface area contributed by atoms with Crippen molar-refractivity contribution in [3.8, 4) is 11.4 Å². The summed E-state index contributed by atoms with van der Waals surface area (Å²) in [6.07, 6.45) is 1.71. The van der Waals surface area contributed by atoms with E-state index in [0.717, 1.165) is 5.56 Å². The van der Waals surface area contributed by atoms with Gasteiger partial charge >= 0.3 is 0 Å². The van der Waals surface area contributed by atoms with Crippen LogP contribution in [-0.2, 0) is 0 Å². The first-order chi connectivity index (χ1) is 12.0. The van der Waals surface area contributed by atoms with Gasteiger partial charge < -0.3 is 0 Å². The molecule has 0 radical (unpaired) electrons. The minimum Gasteiger partial charge on any atom is -0.266 e. The van der Waals surface area contributed by atoms with Crippen LogP contribution in [0, 0.1) is 0 Å². The molecular formula is C17H8Cl3N3OS. The third-order valence-electron chi connectivity index (χ3n) is 3.53. The lowest BCUT2D eigenvalue weighted by Crippen LogP contribution is -2.23. The molecule has 0 fully saturated rings. The van der Waals surface area contributed by atoms with E-state index < -0.39 is 0 Å². The van der Waals surface area contributed by atoms with Crippen molar-refractivity contribution in [3.63, 3.8) is 0 Å². The molecule has 124 valence electrons. The van der Waals surface area contributed by atoms with Gasteiger partial charge in [0.1, 0.15) is 0 Å². The summed E-state index contributed by atoms with van der Waals surface area (Å²) in [5.74, 6) is 0.482. The Morgan fingerprint density at radius 2 is 1.72 bits per heavy atom. The maximum absolute atomic E-state index is 12.6. The highest BCUT2D eigenvalue weighted by Crippen LogP contribution is 2.22. The lowest BCUT2D eigenvalue weighted by atomic mass is 10.2. The molecule has 0 aliphatic rings. The zero-order chi connectivity index (χ0) is 17.6. The van der Waals surface area contributed by atoms with Crippen LogP contribution in [0.3, 0.4) is 0 Å². The molecule has 0 aliphatic heterocycles. The molecular weight excluding hydrogens is 401 g/mol. The van der Waals surface area contributed by atoms with Gasteiger partial charge in [-0.05, 0) is 48.0 Å². The number of aromatic nitrogens is 3. The van der Waals surface area contributed by atoms with Gasteiger partial charge in [0.05, 0.1) is 4.53 Å². The van der Waals surface area contributed by atoms with Gasteiger partial charge in [0.25, 0.3) is 5.56 Å². The monoisotopic (exact) mass is 407 g/mol. The molecule has 8 heteroatoms. The molecule has 2 aromatic carbocycles. The Hall–Kier alpha value is -1.92. The Morgan fingerprint density at radius 3 is 2.40 bits per heavy atom. The number of thiazole rings is 1. The van der Waals surface area contributed by atoms with Gasteiger partial charge in [0.2, 0.25) is 4.96 Å². The molecule has 4 rings (SSSR count). The molecule has 4 aromatic rings. The Kier molecular flexibility index (Phi) is 4.25. The van der Waals surface area contributed by atoms with Crippen molar-refractivity contribution >= 4 is 57.2 Å². The average Bonchev–Trinajstić information content (AvgIpc) is 3.11. The second-order valence-electron chi connectivity index (χ2n) is 5.22. The molecule has 2 aromatic heterocycles. The number of hydrogen-bond acceptors (Lipinski definition) is 4. The average molecular weight is 409 g/mol. The third-order valence-corrected chi connectivity index (χ3v) is 5.31. The molecule has 0 aliphatic carbocycles. The summed E-state index contributed by atoms with van der Waals surface area (Å²) in [6, 6.07) is 12.3. The van der Waals surface area contributed by atoms with Crippen LogP contribution in [-0.4, -0.2) is 14.6 Å². The van der Waals surface area contributed by atoms with E-state index in [4.69, 9.17) is 34.8 Å². The molecule has 4 nitrogen and oxygen atoms in total. The van der Waals surface area contributed by atoms with Crippen molar-refractivity contribution < 1.29 is 0 Å². The zero-order valence-corrected chi connectivity index (χ0v) is 15.5. The summed E-state index contributed by atoms with van der Waals surface area (Å²) in [4.78, 5) is 17.5. The summed E-state index contributed by atoms with van der Waals surface area (Å²) >= 11 is 19.2. The van der Waals surface area contributed by atoms with E-state index in [-0.39, 0.29) is 5.56 Å². The van der Waals surface area contributed by atoms with E-state index in [1.807, 2.05) is 12.1 Å². The normalized spacial score (nSPS) is 12.2. The summed E-state index contributed by atoms with van der Waals surface area (Å²) in [5, 5.41) is 5.95. The Balaban J connectivity index is 1.81. The van der Waals surface area contributed by atoms with Crippen LogP contribution in [0.25, 0.3) is 22.4 Å². The zero-order valence-electron chi connectivity index (χ0n) is 12.4. The van der Waals surface area contributed by atoms with Gasteiger partial charge in [0, 0.05) is 20.6 Å². The predicted octanol–water partition coefficient (Wildman–Crippen LogP) is 4.33. The lowest BCUT2D eigenvalue weighted by Gasteiger charge is -1.97. The first kappa shape index (κ1) is 16.5. The van der Waals surface area contributed by atoms with Crippen molar-refractivity contribution in [1.29, 1.82) is 0 Å². The molecule has 0 bridgehead atoms. The van der Waals surface area contributed by atoms with Crippen LogP contribution in [0.15, 0.2) is 47.3 Å². The number of fused-ring (bicyclic) bond motifs is 1. The van der Waals surface area contributed by atoms with Gasteiger partial charge in [-0.3, -0.25) is 4.79 Å². The molecule has 25 heavy (non-hydrogen) atoms. The van der Waals surface area contributed by atoms with Crippen LogP contribution in [0.2, 0.25) is 15.1 Å². The fraction of sp³-hybridized carbons (Fsp3) is 0. The van der Waals surface area contributed by atoms with Crippen LogP contribution >= 0.6 is 46.1 Å². The Morgan fingerprint density at radius 1 is 1.00 bits per heavy atom. The number of rotatable bonds is 2. The van der Waals surface area contributed by atoms with Crippen molar-refractivity contribution in [1.82, 2.24) is 14.6 Å². The van der Waals surface area contributed by atoms with Gasteiger partial charge in [-0.2, -0.15) is 9.50 Å². The van der Waals surface area contributed by atoms with E-state index in [1.54, 1.807) is 36.4 Å². The minimum atomic E-state index is -0.237.